The van der Waals surface area contributed by atoms with E-state index in [1.165, 1.54) is 6.07 Å². The van der Waals surface area contributed by atoms with Crippen LogP contribution in [0.3, 0.4) is 0 Å². The summed E-state index contributed by atoms with van der Waals surface area (Å²) in [4.78, 5) is 11.8. The summed E-state index contributed by atoms with van der Waals surface area (Å²) >= 11 is 0. The Bertz CT molecular complexity index is 1090. The second-order valence-electron chi connectivity index (χ2n) is 8.03. The van der Waals surface area contributed by atoms with Gasteiger partial charge in [0.2, 0.25) is 0 Å². The van der Waals surface area contributed by atoms with E-state index in [4.69, 9.17) is 10.5 Å². The average molecular weight is 429 g/mol. The number of benzene rings is 2. The number of rotatable bonds is 7. The Morgan fingerprint density at radius 1 is 1.19 bits per heavy atom. The number of hydrogen-bond donors (Lipinski definition) is 2. The van der Waals surface area contributed by atoms with E-state index in [1.807, 2.05) is 12.1 Å². The Morgan fingerprint density at radius 2 is 1.90 bits per heavy atom. The van der Waals surface area contributed by atoms with Gasteiger partial charge in [-0.2, -0.15) is 8.78 Å². The number of hydrogen-bond acceptors (Lipinski definition) is 4. The van der Waals surface area contributed by atoms with Crippen molar-refractivity contribution in [2.75, 3.05) is 11.1 Å². The van der Waals surface area contributed by atoms with Gasteiger partial charge >= 0.3 is 12.7 Å². The Labute approximate surface area is 178 Å². The number of amides is 1. The third-order valence-corrected chi connectivity index (χ3v) is 5.19. The van der Waals surface area contributed by atoms with Crippen LogP contribution < -0.4 is 15.8 Å². The van der Waals surface area contributed by atoms with Crippen molar-refractivity contribution < 1.29 is 23.0 Å². The van der Waals surface area contributed by atoms with Crippen LogP contribution >= 0.6 is 0 Å². The van der Waals surface area contributed by atoms with Gasteiger partial charge in [0.25, 0.3) is 0 Å². The lowest BCUT2D eigenvalue weighted by Gasteiger charge is -2.13. The summed E-state index contributed by atoms with van der Waals surface area (Å²) in [6, 6.07) is 12.1. The van der Waals surface area contributed by atoms with E-state index in [0.717, 1.165) is 41.5 Å². The summed E-state index contributed by atoms with van der Waals surface area (Å²) in [6.07, 6.45) is 1.54. The molecule has 0 radical (unpaired) electrons. The number of anilines is 2. The maximum absolute atomic E-state index is 12.7. The van der Waals surface area contributed by atoms with Gasteiger partial charge in [-0.05, 0) is 56.9 Å². The van der Waals surface area contributed by atoms with Crippen molar-refractivity contribution in [2.24, 2.45) is 5.92 Å². The lowest BCUT2D eigenvalue weighted by atomic mass is 10.1. The van der Waals surface area contributed by atoms with E-state index in [1.54, 1.807) is 38.1 Å². The molecule has 164 valence electrons. The fraction of sp³-hybridized carbons (Fsp3) is 0.348. The Balaban J connectivity index is 1.70. The predicted molar refractivity (Wildman–Crippen MR) is 116 cm³/mol. The van der Waals surface area contributed by atoms with Gasteiger partial charge in [-0.25, -0.2) is 4.79 Å². The van der Waals surface area contributed by atoms with Gasteiger partial charge in [-0.1, -0.05) is 12.1 Å². The van der Waals surface area contributed by atoms with E-state index in [2.05, 4.69) is 14.6 Å². The zero-order valence-electron chi connectivity index (χ0n) is 17.4. The summed E-state index contributed by atoms with van der Waals surface area (Å²) in [5.74, 6) is 0.645. The van der Waals surface area contributed by atoms with Crippen LogP contribution in [0.1, 0.15) is 26.7 Å². The van der Waals surface area contributed by atoms with Crippen molar-refractivity contribution >= 4 is 28.4 Å². The number of nitrogens with one attached hydrogen (secondary N) is 1. The smallest absolute Gasteiger partial charge is 0.411 e. The van der Waals surface area contributed by atoms with Crippen LogP contribution in [0, 0.1) is 5.92 Å². The van der Waals surface area contributed by atoms with Crippen molar-refractivity contribution in [3.05, 3.63) is 42.5 Å². The van der Waals surface area contributed by atoms with Crippen molar-refractivity contribution in [3.8, 4) is 17.0 Å². The lowest BCUT2D eigenvalue weighted by molar-refractivity contribution is -0.0497. The Morgan fingerprint density at radius 3 is 2.52 bits per heavy atom. The zero-order valence-corrected chi connectivity index (χ0v) is 17.4. The van der Waals surface area contributed by atoms with Gasteiger partial charge in [-0.3, -0.25) is 5.32 Å². The van der Waals surface area contributed by atoms with Gasteiger partial charge in [0.15, 0.2) is 0 Å². The first-order valence-corrected chi connectivity index (χ1v) is 10.3. The Hall–Kier alpha value is -3.29. The largest absolute Gasteiger partial charge is 0.447 e. The minimum Gasteiger partial charge on any atom is -0.447 e. The van der Waals surface area contributed by atoms with E-state index in [0.29, 0.717) is 17.3 Å². The van der Waals surface area contributed by atoms with Crippen LogP contribution in [0.5, 0.6) is 5.75 Å². The van der Waals surface area contributed by atoms with Crippen molar-refractivity contribution in [3.63, 3.8) is 0 Å². The molecule has 1 aliphatic carbocycles. The molecule has 31 heavy (non-hydrogen) atoms. The lowest BCUT2D eigenvalue weighted by Crippen LogP contribution is -2.17. The molecule has 1 aliphatic rings. The molecule has 0 saturated heterocycles. The van der Waals surface area contributed by atoms with Crippen molar-refractivity contribution in [1.82, 2.24) is 4.57 Å². The minimum atomic E-state index is -2.89. The Kier molecular flexibility index (Phi) is 5.71. The quantitative estimate of drug-likeness (QED) is 0.493. The molecule has 3 N–H and O–H groups in total. The molecule has 0 bridgehead atoms. The molecule has 8 heteroatoms. The third kappa shape index (κ3) is 4.73. The number of fused-ring (bicyclic) bond motifs is 1. The van der Waals surface area contributed by atoms with E-state index in [9.17, 15) is 13.6 Å². The molecule has 2 aromatic carbocycles. The molecule has 0 unspecified atom stereocenters. The molecule has 1 aromatic heterocycles. The van der Waals surface area contributed by atoms with E-state index < -0.39 is 12.7 Å². The summed E-state index contributed by atoms with van der Waals surface area (Å²) in [5.41, 5.74) is 10.1. The fourth-order valence-corrected chi connectivity index (χ4v) is 3.66. The highest BCUT2D eigenvalue weighted by Gasteiger charge is 2.26. The van der Waals surface area contributed by atoms with Crippen LogP contribution in [0.2, 0.25) is 0 Å². The van der Waals surface area contributed by atoms with Gasteiger partial charge in [0, 0.05) is 29.2 Å². The van der Waals surface area contributed by atoms with E-state index >= 15 is 0 Å². The molecule has 0 spiro atoms. The second-order valence-corrected chi connectivity index (χ2v) is 8.03. The first-order valence-electron chi connectivity index (χ1n) is 10.3. The number of ether oxygens (including phenoxy) is 2. The van der Waals surface area contributed by atoms with Crippen molar-refractivity contribution in [2.45, 2.75) is 45.9 Å². The van der Waals surface area contributed by atoms with Gasteiger partial charge < -0.3 is 19.8 Å². The van der Waals surface area contributed by atoms with Gasteiger partial charge in [-0.15, -0.1) is 0 Å². The first-order chi connectivity index (χ1) is 14.8. The highest BCUT2D eigenvalue weighted by atomic mass is 19.3. The minimum absolute atomic E-state index is 0.104. The highest BCUT2D eigenvalue weighted by Crippen LogP contribution is 2.41. The van der Waals surface area contributed by atoms with Gasteiger partial charge in [0.1, 0.15) is 5.75 Å². The first kappa shape index (κ1) is 21.0. The number of halogens is 2. The number of nitrogen functional groups attached to an aromatic ring is 1. The summed E-state index contributed by atoms with van der Waals surface area (Å²) in [7, 11) is 0. The van der Waals surface area contributed by atoms with E-state index in [-0.39, 0.29) is 11.9 Å². The number of alkyl halides is 2. The van der Waals surface area contributed by atoms with Crippen LogP contribution in [-0.2, 0) is 11.3 Å². The molecule has 3 aromatic rings. The van der Waals surface area contributed by atoms with Crippen LogP contribution in [0.15, 0.2) is 42.5 Å². The predicted octanol–water partition coefficient (Wildman–Crippen LogP) is 5.86. The summed E-state index contributed by atoms with van der Waals surface area (Å²) in [6.45, 7) is 1.43. The number of carbonyl (C=O) groups excluding carboxylic acids is 1. The number of aromatic nitrogens is 1. The van der Waals surface area contributed by atoms with Crippen LogP contribution in [0.25, 0.3) is 22.2 Å². The molecule has 1 heterocycles. The molecule has 6 nitrogen and oxygen atoms in total. The fourth-order valence-electron chi connectivity index (χ4n) is 3.66. The maximum atomic E-state index is 12.7. The molecular formula is C23H25F2N3O3. The molecular weight excluding hydrogens is 404 g/mol. The number of carbonyl (C=O) groups is 1. The molecule has 0 atom stereocenters. The number of nitrogens with two attached hydrogens (primary N) is 1. The zero-order chi connectivity index (χ0) is 22.1. The molecule has 1 saturated carbocycles. The second kappa shape index (κ2) is 8.45. The van der Waals surface area contributed by atoms with Crippen LogP contribution in [-0.4, -0.2) is 23.4 Å². The monoisotopic (exact) mass is 429 g/mol. The molecule has 1 fully saturated rings. The van der Waals surface area contributed by atoms with Crippen molar-refractivity contribution in [1.29, 1.82) is 0 Å². The third-order valence-electron chi connectivity index (χ3n) is 5.19. The molecule has 0 aliphatic heterocycles. The number of nitrogens with zero attached hydrogens (tertiary/aromatic N) is 1. The van der Waals surface area contributed by atoms with Gasteiger partial charge in [0.05, 0.1) is 23.0 Å². The topological polar surface area (TPSA) is 78.5 Å². The maximum Gasteiger partial charge on any atom is 0.411 e. The SMILES string of the molecule is CC(C)OC(=O)Nc1ccc(-c2c(N)c3ccc(OC(F)F)cc3n2CC2CC2)cc1. The van der Waals surface area contributed by atoms with Crippen LogP contribution in [0.4, 0.5) is 25.0 Å². The molecule has 4 rings (SSSR count). The summed E-state index contributed by atoms with van der Waals surface area (Å²) < 4.78 is 37.2. The highest BCUT2D eigenvalue weighted by molar-refractivity contribution is 6.01. The standard InChI is InChI=1S/C23H25F2N3O3/c1-13(2)30-23(29)27-16-7-5-15(6-8-16)21-20(26)18-10-9-17(31-22(24)25)11-19(18)28(21)12-14-3-4-14/h5-11,13-14,22H,3-4,12,26H2,1-2H3,(H,27,29). The molecule has 1 amide bonds. The average Bonchev–Trinajstić information content (AvgIpc) is 3.47. The summed E-state index contributed by atoms with van der Waals surface area (Å²) in [5, 5.41) is 3.48. The normalized spacial score (nSPS) is 13.7.